The Hall–Kier alpha value is -3.32. The third kappa shape index (κ3) is 4.32. The second-order valence-corrected chi connectivity index (χ2v) is 6.47. The minimum absolute atomic E-state index is 0.200. The van der Waals surface area contributed by atoms with Gasteiger partial charge in [-0.1, -0.05) is 12.1 Å². The predicted octanol–water partition coefficient (Wildman–Crippen LogP) is 3.18. The molecule has 0 bridgehead atoms. The molecular formula is C21H22N4O3. The number of pyridine rings is 1. The van der Waals surface area contributed by atoms with Crippen molar-refractivity contribution in [2.24, 2.45) is 0 Å². The number of para-hydroxylation sites is 2. The first-order chi connectivity index (χ1) is 13.8. The number of amides is 1. The summed E-state index contributed by atoms with van der Waals surface area (Å²) in [7, 11) is 0. The number of carbonyl (C=O) groups is 1. The van der Waals surface area contributed by atoms with Gasteiger partial charge in [0.15, 0.2) is 0 Å². The predicted molar refractivity (Wildman–Crippen MR) is 107 cm³/mol. The van der Waals surface area contributed by atoms with E-state index in [1.54, 1.807) is 30.8 Å². The summed E-state index contributed by atoms with van der Waals surface area (Å²) in [6, 6.07) is 13.5. The molecule has 144 valence electrons. The summed E-state index contributed by atoms with van der Waals surface area (Å²) in [5.74, 6) is 0.504. The Morgan fingerprint density at radius 3 is 2.79 bits per heavy atom. The smallest absolute Gasteiger partial charge is 0.253 e. The molecule has 2 aromatic heterocycles. The molecule has 0 saturated carbocycles. The molecule has 7 heteroatoms. The summed E-state index contributed by atoms with van der Waals surface area (Å²) in [5, 5.41) is 6.22. The molecule has 3 heterocycles. The lowest BCUT2D eigenvalue weighted by Crippen LogP contribution is -2.36. The van der Waals surface area contributed by atoms with Crippen molar-refractivity contribution in [3.63, 3.8) is 0 Å². The molecule has 1 aliphatic rings. The van der Waals surface area contributed by atoms with Crippen LogP contribution in [0.2, 0.25) is 0 Å². The SMILES string of the molecule is O=C(NCc1ccco1)c1cncc(Nc2ccccc2N2CCOCC2)c1. The summed E-state index contributed by atoms with van der Waals surface area (Å²) in [4.78, 5) is 18.9. The Morgan fingerprint density at radius 1 is 1.11 bits per heavy atom. The van der Waals surface area contributed by atoms with Crippen LogP contribution in [0, 0.1) is 0 Å². The maximum absolute atomic E-state index is 12.4. The first-order valence-electron chi connectivity index (χ1n) is 9.24. The van der Waals surface area contributed by atoms with Crippen LogP contribution in [0.1, 0.15) is 16.1 Å². The number of benzene rings is 1. The van der Waals surface area contributed by atoms with Gasteiger partial charge in [0.25, 0.3) is 5.91 Å². The van der Waals surface area contributed by atoms with E-state index in [1.165, 1.54) is 0 Å². The summed E-state index contributed by atoms with van der Waals surface area (Å²) in [6.45, 7) is 3.49. The number of hydrogen-bond acceptors (Lipinski definition) is 6. The van der Waals surface area contributed by atoms with Crippen LogP contribution in [0.4, 0.5) is 17.1 Å². The van der Waals surface area contributed by atoms with Crippen molar-refractivity contribution < 1.29 is 13.9 Å². The fourth-order valence-corrected chi connectivity index (χ4v) is 3.13. The van der Waals surface area contributed by atoms with E-state index in [0.29, 0.717) is 17.9 Å². The zero-order valence-corrected chi connectivity index (χ0v) is 15.4. The van der Waals surface area contributed by atoms with E-state index in [9.17, 15) is 4.79 Å². The number of anilines is 3. The third-order valence-corrected chi connectivity index (χ3v) is 4.54. The second-order valence-electron chi connectivity index (χ2n) is 6.47. The monoisotopic (exact) mass is 378 g/mol. The number of nitrogens with zero attached hydrogens (tertiary/aromatic N) is 2. The van der Waals surface area contributed by atoms with Gasteiger partial charge in [0.1, 0.15) is 5.76 Å². The lowest BCUT2D eigenvalue weighted by Gasteiger charge is -2.30. The maximum atomic E-state index is 12.4. The average molecular weight is 378 g/mol. The number of aromatic nitrogens is 1. The van der Waals surface area contributed by atoms with Crippen molar-refractivity contribution in [2.75, 3.05) is 36.5 Å². The average Bonchev–Trinajstić information content (AvgIpc) is 3.27. The van der Waals surface area contributed by atoms with Gasteiger partial charge < -0.3 is 24.7 Å². The van der Waals surface area contributed by atoms with Gasteiger partial charge in [-0.15, -0.1) is 0 Å². The van der Waals surface area contributed by atoms with Crippen molar-refractivity contribution in [2.45, 2.75) is 6.54 Å². The van der Waals surface area contributed by atoms with Crippen molar-refractivity contribution in [3.8, 4) is 0 Å². The van der Waals surface area contributed by atoms with Gasteiger partial charge in [0.2, 0.25) is 0 Å². The molecule has 2 N–H and O–H groups in total. The Labute approximate surface area is 163 Å². The van der Waals surface area contributed by atoms with E-state index in [1.807, 2.05) is 24.3 Å². The lowest BCUT2D eigenvalue weighted by atomic mass is 10.2. The van der Waals surface area contributed by atoms with E-state index in [4.69, 9.17) is 9.15 Å². The van der Waals surface area contributed by atoms with E-state index in [0.717, 1.165) is 43.4 Å². The normalized spacial score (nSPS) is 13.9. The molecular weight excluding hydrogens is 356 g/mol. The fourth-order valence-electron chi connectivity index (χ4n) is 3.13. The minimum atomic E-state index is -0.200. The third-order valence-electron chi connectivity index (χ3n) is 4.54. The van der Waals surface area contributed by atoms with Gasteiger partial charge in [-0.3, -0.25) is 9.78 Å². The Kier molecular flexibility index (Phi) is 5.53. The molecule has 0 radical (unpaired) electrons. The van der Waals surface area contributed by atoms with Gasteiger partial charge in [0, 0.05) is 19.3 Å². The van der Waals surface area contributed by atoms with E-state index < -0.39 is 0 Å². The number of morpholine rings is 1. The molecule has 1 saturated heterocycles. The van der Waals surface area contributed by atoms with E-state index >= 15 is 0 Å². The van der Waals surface area contributed by atoms with Crippen LogP contribution in [0.3, 0.4) is 0 Å². The van der Waals surface area contributed by atoms with Crippen LogP contribution in [0.5, 0.6) is 0 Å². The minimum Gasteiger partial charge on any atom is -0.467 e. The maximum Gasteiger partial charge on any atom is 0.253 e. The molecule has 3 aromatic rings. The number of nitrogens with one attached hydrogen (secondary N) is 2. The summed E-state index contributed by atoms with van der Waals surface area (Å²) in [6.07, 6.45) is 4.84. The van der Waals surface area contributed by atoms with E-state index in [2.05, 4.69) is 26.6 Å². The van der Waals surface area contributed by atoms with Crippen LogP contribution in [0.15, 0.2) is 65.5 Å². The van der Waals surface area contributed by atoms with Crippen molar-refractivity contribution in [1.29, 1.82) is 0 Å². The highest BCUT2D eigenvalue weighted by atomic mass is 16.5. The molecule has 0 aliphatic carbocycles. The van der Waals surface area contributed by atoms with Crippen molar-refractivity contribution in [3.05, 3.63) is 72.4 Å². The van der Waals surface area contributed by atoms with E-state index in [-0.39, 0.29) is 5.91 Å². The largest absolute Gasteiger partial charge is 0.467 e. The standard InChI is InChI=1S/C21H22N4O3/c26-21(23-15-18-4-3-9-28-18)16-12-17(14-22-13-16)24-19-5-1-2-6-20(19)25-7-10-27-11-8-25/h1-6,9,12-14,24H,7-8,10-11,15H2,(H,23,26). The van der Waals surface area contributed by atoms with Gasteiger partial charge in [-0.05, 0) is 30.3 Å². The van der Waals surface area contributed by atoms with Crippen LogP contribution in [0.25, 0.3) is 0 Å². The topological polar surface area (TPSA) is 79.6 Å². The molecule has 7 nitrogen and oxygen atoms in total. The van der Waals surface area contributed by atoms with Gasteiger partial charge in [-0.2, -0.15) is 0 Å². The Bertz CT molecular complexity index is 921. The molecule has 28 heavy (non-hydrogen) atoms. The highest BCUT2D eigenvalue weighted by molar-refractivity contribution is 5.95. The van der Waals surface area contributed by atoms with Crippen molar-refractivity contribution in [1.82, 2.24) is 10.3 Å². The Balaban J connectivity index is 1.47. The number of carbonyl (C=O) groups excluding carboxylic acids is 1. The van der Waals surface area contributed by atoms with Crippen LogP contribution in [-0.2, 0) is 11.3 Å². The summed E-state index contributed by atoms with van der Waals surface area (Å²) >= 11 is 0. The zero-order valence-electron chi connectivity index (χ0n) is 15.4. The molecule has 0 spiro atoms. The van der Waals surface area contributed by atoms with Crippen LogP contribution >= 0.6 is 0 Å². The lowest BCUT2D eigenvalue weighted by molar-refractivity contribution is 0.0947. The molecule has 0 atom stereocenters. The van der Waals surface area contributed by atoms with Gasteiger partial charge in [0.05, 0.1) is 54.8 Å². The molecule has 1 aliphatic heterocycles. The molecule has 1 fully saturated rings. The molecule has 0 unspecified atom stereocenters. The quantitative estimate of drug-likeness (QED) is 0.686. The highest BCUT2D eigenvalue weighted by Gasteiger charge is 2.15. The number of hydrogen-bond donors (Lipinski definition) is 2. The second kappa shape index (κ2) is 8.58. The van der Waals surface area contributed by atoms with Crippen molar-refractivity contribution >= 4 is 23.0 Å². The summed E-state index contributed by atoms with van der Waals surface area (Å²) < 4.78 is 10.7. The highest BCUT2D eigenvalue weighted by Crippen LogP contribution is 2.29. The van der Waals surface area contributed by atoms with Gasteiger partial charge in [-0.25, -0.2) is 0 Å². The first-order valence-corrected chi connectivity index (χ1v) is 9.24. The summed E-state index contributed by atoms with van der Waals surface area (Å²) in [5.41, 5.74) is 3.32. The van der Waals surface area contributed by atoms with Crippen LogP contribution in [-0.4, -0.2) is 37.2 Å². The molecule has 4 rings (SSSR count). The fraction of sp³-hybridized carbons (Fsp3) is 0.238. The Morgan fingerprint density at radius 2 is 1.96 bits per heavy atom. The zero-order chi connectivity index (χ0) is 19.2. The number of rotatable bonds is 6. The van der Waals surface area contributed by atoms with Crippen LogP contribution < -0.4 is 15.5 Å². The number of furan rings is 1. The molecule has 1 aromatic carbocycles. The number of ether oxygens (including phenoxy) is 1. The first kappa shape index (κ1) is 18.1. The van der Waals surface area contributed by atoms with Gasteiger partial charge >= 0.3 is 0 Å². The molecule has 1 amide bonds.